The molecule has 0 spiro atoms. The molecule has 1 N–H and O–H groups in total. The molecule has 3 rings (SSSR count). The highest BCUT2D eigenvalue weighted by atomic mass is 19.1. The van der Waals surface area contributed by atoms with E-state index in [0.29, 0.717) is 31.6 Å². The highest BCUT2D eigenvalue weighted by Crippen LogP contribution is 2.41. The molecule has 0 radical (unpaired) electrons. The lowest BCUT2D eigenvalue weighted by molar-refractivity contribution is -0.0991. The van der Waals surface area contributed by atoms with Gasteiger partial charge in [0.2, 0.25) is 0 Å². The van der Waals surface area contributed by atoms with Gasteiger partial charge in [0.05, 0.1) is 12.2 Å². The molecule has 6 heteroatoms. The number of hydrogen-bond acceptors (Lipinski definition) is 4. The Kier molecular flexibility index (Phi) is 5.65. The maximum absolute atomic E-state index is 13.0. The normalized spacial score (nSPS) is 28.0. The van der Waals surface area contributed by atoms with Crippen molar-refractivity contribution in [2.75, 3.05) is 6.61 Å². The maximum atomic E-state index is 13.0. The first kappa shape index (κ1) is 19.9. The molecule has 2 bridgehead atoms. The number of ether oxygens (including phenoxy) is 2. The minimum atomic E-state index is -0.853. The van der Waals surface area contributed by atoms with E-state index in [4.69, 9.17) is 9.47 Å². The van der Waals surface area contributed by atoms with Crippen molar-refractivity contribution in [1.29, 1.82) is 0 Å². The fourth-order valence-electron chi connectivity index (χ4n) is 4.23. The summed E-state index contributed by atoms with van der Waals surface area (Å²) in [5, 5.41) is 11.1. The van der Waals surface area contributed by atoms with Crippen LogP contribution < -0.4 is 4.74 Å². The van der Waals surface area contributed by atoms with Crippen LogP contribution in [-0.4, -0.2) is 46.0 Å². The highest BCUT2D eigenvalue weighted by Gasteiger charge is 2.48. The smallest absolute Gasteiger partial charge is 0.410 e. The molecule has 2 heterocycles. The minimum absolute atomic E-state index is 0.00294. The molecular weight excluding hydrogens is 349 g/mol. The quantitative estimate of drug-likeness (QED) is 0.848. The summed E-state index contributed by atoms with van der Waals surface area (Å²) in [5.41, 5.74) is -1.38. The Morgan fingerprint density at radius 3 is 2.37 bits per heavy atom. The van der Waals surface area contributed by atoms with Crippen molar-refractivity contribution < 1.29 is 23.8 Å². The number of nitrogens with zero attached hydrogens (tertiary/aromatic N) is 1. The van der Waals surface area contributed by atoms with Gasteiger partial charge >= 0.3 is 6.09 Å². The Bertz CT molecular complexity index is 641. The van der Waals surface area contributed by atoms with Gasteiger partial charge in [-0.3, -0.25) is 0 Å². The predicted octanol–water partition coefficient (Wildman–Crippen LogP) is 4.28. The molecular formula is C21H30FNO4. The number of aliphatic hydroxyl groups is 1. The Balaban J connectivity index is 1.59. The lowest BCUT2D eigenvalue weighted by Crippen LogP contribution is -2.60. The third kappa shape index (κ3) is 5.12. The number of hydrogen-bond donors (Lipinski definition) is 1. The van der Waals surface area contributed by atoms with Crippen LogP contribution in [0.2, 0.25) is 0 Å². The molecule has 1 aromatic rings. The monoisotopic (exact) mass is 379 g/mol. The minimum Gasteiger partial charge on any atom is -0.493 e. The van der Waals surface area contributed by atoms with Gasteiger partial charge in [-0.1, -0.05) is 0 Å². The molecule has 0 aromatic heterocycles. The largest absolute Gasteiger partial charge is 0.493 e. The van der Waals surface area contributed by atoms with Gasteiger partial charge in [-0.2, -0.15) is 0 Å². The zero-order valence-corrected chi connectivity index (χ0v) is 16.4. The average Bonchev–Trinajstić information content (AvgIpc) is 2.54. The van der Waals surface area contributed by atoms with Crippen molar-refractivity contribution in [2.24, 2.45) is 0 Å². The first-order chi connectivity index (χ1) is 12.7. The molecule has 150 valence electrons. The molecule has 0 aliphatic carbocycles. The van der Waals surface area contributed by atoms with Crippen LogP contribution in [0.4, 0.5) is 9.18 Å². The van der Waals surface area contributed by atoms with Crippen LogP contribution in [0.1, 0.15) is 59.3 Å². The molecule has 1 aromatic carbocycles. The lowest BCUT2D eigenvalue weighted by atomic mass is 9.74. The van der Waals surface area contributed by atoms with Crippen molar-refractivity contribution in [1.82, 2.24) is 4.90 Å². The molecule has 27 heavy (non-hydrogen) atoms. The van der Waals surface area contributed by atoms with Crippen LogP contribution in [-0.2, 0) is 4.74 Å². The van der Waals surface area contributed by atoms with E-state index in [1.165, 1.54) is 12.1 Å². The van der Waals surface area contributed by atoms with Gasteiger partial charge in [0, 0.05) is 18.5 Å². The molecule has 2 atom stereocenters. The van der Waals surface area contributed by atoms with E-state index in [-0.39, 0.29) is 24.0 Å². The van der Waals surface area contributed by atoms with Gasteiger partial charge < -0.3 is 19.5 Å². The topological polar surface area (TPSA) is 59.0 Å². The van der Waals surface area contributed by atoms with E-state index >= 15 is 0 Å². The van der Waals surface area contributed by atoms with Crippen molar-refractivity contribution in [3.05, 3.63) is 30.1 Å². The second-order valence-corrected chi connectivity index (χ2v) is 8.81. The number of carbonyl (C=O) groups excluding carboxylic acids is 1. The van der Waals surface area contributed by atoms with Crippen LogP contribution in [0.5, 0.6) is 5.75 Å². The first-order valence-electron chi connectivity index (χ1n) is 9.77. The van der Waals surface area contributed by atoms with E-state index in [1.54, 1.807) is 12.1 Å². The summed E-state index contributed by atoms with van der Waals surface area (Å²) in [6, 6.07) is 5.88. The lowest BCUT2D eigenvalue weighted by Gasteiger charge is -2.51. The van der Waals surface area contributed by atoms with Crippen LogP contribution in [0.3, 0.4) is 0 Å². The Labute approximate surface area is 160 Å². The molecule has 0 saturated carbocycles. The third-order valence-corrected chi connectivity index (χ3v) is 5.35. The fourth-order valence-corrected chi connectivity index (χ4v) is 4.23. The third-order valence-electron chi connectivity index (χ3n) is 5.35. The highest BCUT2D eigenvalue weighted by molar-refractivity contribution is 5.69. The summed E-state index contributed by atoms with van der Waals surface area (Å²) in [6.07, 6.45) is 4.12. The van der Waals surface area contributed by atoms with Crippen molar-refractivity contribution >= 4 is 6.09 Å². The van der Waals surface area contributed by atoms with Gasteiger partial charge in [0.15, 0.2) is 0 Å². The zero-order valence-electron chi connectivity index (χ0n) is 16.4. The summed E-state index contributed by atoms with van der Waals surface area (Å²) < 4.78 is 24.2. The maximum Gasteiger partial charge on any atom is 0.410 e. The van der Waals surface area contributed by atoms with Crippen LogP contribution in [0, 0.1) is 5.82 Å². The van der Waals surface area contributed by atoms with Gasteiger partial charge in [-0.25, -0.2) is 9.18 Å². The van der Waals surface area contributed by atoms with Gasteiger partial charge in [-0.15, -0.1) is 0 Å². The van der Waals surface area contributed by atoms with E-state index in [9.17, 15) is 14.3 Å². The molecule has 2 aliphatic heterocycles. The number of carbonyl (C=O) groups is 1. The first-order valence-corrected chi connectivity index (χ1v) is 9.77. The fraction of sp³-hybridized carbons (Fsp3) is 0.667. The Hall–Kier alpha value is -1.82. The summed E-state index contributed by atoms with van der Waals surface area (Å²) in [6.45, 7) is 5.96. The van der Waals surface area contributed by atoms with Crippen molar-refractivity contribution in [3.8, 4) is 5.75 Å². The van der Waals surface area contributed by atoms with E-state index in [2.05, 4.69) is 0 Å². The number of fused-ring (bicyclic) bond motifs is 2. The molecule has 1 amide bonds. The average molecular weight is 379 g/mol. The number of amides is 1. The SMILES string of the molecule is CC(C)(C)OC(=O)N1C2CCCC1CC(O)(CCOc1ccc(F)cc1)C2. The summed E-state index contributed by atoms with van der Waals surface area (Å²) in [7, 11) is 0. The number of halogens is 1. The van der Waals surface area contributed by atoms with E-state index in [0.717, 1.165) is 19.3 Å². The molecule has 5 nitrogen and oxygen atoms in total. The van der Waals surface area contributed by atoms with Crippen molar-refractivity contribution in [2.45, 2.75) is 82.6 Å². The second kappa shape index (κ2) is 7.66. The standard InChI is InChI=1S/C21H30FNO4/c1-20(2,3)27-19(24)23-16-5-4-6-17(23)14-21(25,13-16)11-12-26-18-9-7-15(22)8-10-18/h7-10,16-17,25H,4-6,11-14H2,1-3H3. The summed E-state index contributed by atoms with van der Waals surface area (Å²) >= 11 is 0. The van der Waals surface area contributed by atoms with Crippen LogP contribution in [0.15, 0.2) is 24.3 Å². The van der Waals surface area contributed by atoms with Gasteiger partial charge in [-0.05, 0) is 77.1 Å². The summed E-state index contributed by atoms with van der Waals surface area (Å²) in [4.78, 5) is 14.5. The molecule has 2 aliphatic rings. The summed E-state index contributed by atoms with van der Waals surface area (Å²) in [5.74, 6) is 0.287. The second-order valence-electron chi connectivity index (χ2n) is 8.81. The Morgan fingerprint density at radius 2 is 1.81 bits per heavy atom. The van der Waals surface area contributed by atoms with E-state index < -0.39 is 11.2 Å². The van der Waals surface area contributed by atoms with Gasteiger partial charge in [0.1, 0.15) is 17.2 Å². The number of piperidine rings is 2. The number of benzene rings is 1. The molecule has 2 fully saturated rings. The van der Waals surface area contributed by atoms with Crippen LogP contribution in [0.25, 0.3) is 0 Å². The predicted molar refractivity (Wildman–Crippen MR) is 100 cm³/mol. The van der Waals surface area contributed by atoms with E-state index in [1.807, 2.05) is 25.7 Å². The van der Waals surface area contributed by atoms with Gasteiger partial charge in [0.25, 0.3) is 0 Å². The number of rotatable bonds is 4. The Morgan fingerprint density at radius 1 is 1.22 bits per heavy atom. The van der Waals surface area contributed by atoms with Crippen LogP contribution >= 0.6 is 0 Å². The zero-order chi connectivity index (χ0) is 19.7. The van der Waals surface area contributed by atoms with Crippen molar-refractivity contribution in [3.63, 3.8) is 0 Å². The molecule has 2 unspecified atom stereocenters. The molecule has 2 saturated heterocycles.